The summed E-state index contributed by atoms with van der Waals surface area (Å²) in [6.45, 7) is 6.11. The molecule has 3 rings (SSSR count). The van der Waals surface area contributed by atoms with Gasteiger partial charge in [-0.25, -0.2) is 18.7 Å². The van der Waals surface area contributed by atoms with Crippen molar-refractivity contribution in [2.24, 2.45) is 11.7 Å². The SMILES string of the molecule is CC(C)C[C@@](C)(N)COc1ccc(-c2c[nH]c3ncccc23)nc1C(F)F. The lowest BCUT2D eigenvalue weighted by Crippen LogP contribution is -2.43. The number of H-pyrrole nitrogens is 1. The largest absolute Gasteiger partial charge is 0.490 e. The molecule has 0 amide bonds. The van der Waals surface area contributed by atoms with E-state index in [-0.39, 0.29) is 18.1 Å². The molecule has 0 aliphatic rings. The molecule has 27 heavy (non-hydrogen) atoms. The van der Waals surface area contributed by atoms with Gasteiger partial charge in [-0.05, 0) is 43.5 Å². The van der Waals surface area contributed by atoms with E-state index in [1.807, 2.05) is 13.0 Å². The van der Waals surface area contributed by atoms with Crippen molar-refractivity contribution < 1.29 is 13.5 Å². The van der Waals surface area contributed by atoms with Crippen molar-refractivity contribution in [3.8, 4) is 17.0 Å². The second kappa shape index (κ2) is 7.60. The highest BCUT2D eigenvalue weighted by atomic mass is 19.3. The van der Waals surface area contributed by atoms with E-state index in [0.29, 0.717) is 17.3 Å². The van der Waals surface area contributed by atoms with Crippen LogP contribution in [0.1, 0.15) is 39.3 Å². The molecule has 7 heteroatoms. The zero-order chi connectivity index (χ0) is 19.6. The van der Waals surface area contributed by atoms with Crippen LogP contribution in [0.2, 0.25) is 0 Å². The summed E-state index contributed by atoms with van der Waals surface area (Å²) in [7, 11) is 0. The summed E-state index contributed by atoms with van der Waals surface area (Å²) in [4.78, 5) is 11.4. The number of aromatic amines is 1. The van der Waals surface area contributed by atoms with E-state index in [0.717, 1.165) is 17.4 Å². The summed E-state index contributed by atoms with van der Waals surface area (Å²) in [5, 5.41) is 0.824. The molecule has 3 N–H and O–H groups in total. The van der Waals surface area contributed by atoms with E-state index in [1.54, 1.807) is 24.5 Å². The minimum absolute atomic E-state index is 0.0622. The van der Waals surface area contributed by atoms with Crippen LogP contribution in [0.25, 0.3) is 22.3 Å². The van der Waals surface area contributed by atoms with Crippen LogP contribution in [-0.2, 0) is 0 Å². The van der Waals surface area contributed by atoms with Gasteiger partial charge in [0.05, 0.1) is 5.69 Å². The Morgan fingerprint density at radius 1 is 1.26 bits per heavy atom. The van der Waals surface area contributed by atoms with Gasteiger partial charge in [0.2, 0.25) is 0 Å². The van der Waals surface area contributed by atoms with Crippen molar-refractivity contribution in [2.75, 3.05) is 6.61 Å². The molecule has 0 bridgehead atoms. The average molecular weight is 374 g/mol. The summed E-state index contributed by atoms with van der Waals surface area (Å²) >= 11 is 0. The fraction of sp³-hybridized carbons (Fsp3) is 0.400. The minimum atomic E-state index is -2.75. The molecule has 0 aromatic carbocycles. The maximum Gasteiger partial charge on any atom is 0.284 e. The molecule has 0 spiro atoms. The smallest absolute Gasteiger partial charge is 0.284 e. The number of hydrogen-bond donors (Lipinski definition) is 2. The lowest BCUT2D eigenvalue weighted by atomic mass is 9.93. The molecule has 3 aromatic rings. The van der Waals surface area contributed by atoms with Gasteiger partial charge in [0.25, 0.3) is 6.43 Å². The molecular weight excluding hydrogens is 350 g/mol. The van der Waals surface area contributed by atoms with E-state index in [9.17, 15) is 8.78 Å². The maximum absolute atomic E-state index is 13.6. The first-order chi connectivity index (χ1) is 12.8. The second-order valence-corrected chi connectivity index (χ2v) is 7.52. The van der Waals surface area contributed by atoms with E-state index in [2.05, 4.69) is 28.8 Å². The van der Waals surface area contributed by atoms with Crippen LogP contribution in [0.4, 0.5) is 8.78 Å². The third kappa shape index (κ3) is 4.42. The fourth-order valence-corrected chi connectivity index (χ4v) is 3.29. The molecule has 0 radical (unpaired) electrons. The Morgan fingerprint density at radius 3 is 2.74 bits per heavy atom. The summed E-state index contributed by atoms with van der Waals surface area (Å²) in [5.74, 6) is 0.446. The number of halogens is 2. The summed E-state index contributed by atoms with van der Waals surface area (Å²) < 4.78 is 32.8. The van der Waals surface area contributed by atoms with Crippen LogP contribution in [0.15, 0.2) is 36.7 Å². The van der Waals surface area contributed by atoms with Crippen LogP contribution in [0, 0.1) is 5.92 Å². The normalized spacial score (nSPS) is 14.1. The van der Waals surface area contributed by atoms with Gasteiger partial charge in [-0.3, -0.25) is 0 Å². The highest BCUT2D eigenvalue weighted by molar-refractivity contribution is 5.92. The predicted octanol–water partition coefficient (Wildman–Crippen LogP) is 4.70. The Balaban J connectivity index is 1.89. The van der Waals surface area contributed by atoms with Crippen molar-refractivity contribution in [1.82, 2.24) is 15.0 Å². The molecule has 3 heterocycles. The Kier molecular flexibility index (Phi) is 5.41. The number of ether oxygens (including phenoxy) is 1. The highest BCUT2D eigenvalue weighted by Gasteiger charge is 2.24. The molecular formula is C20H24F2N4O. The van der Waals surface area contributed by atoms with E-state index >= 15 is 0 Å². The maximum atomic E-state index is 13.6. The first-order valence-corrected chi connectivity index (χ1v) is 8.90. The molecule has 1 atom stereocenters. The minimum Gasteiger partial charge on any atom is -0.490 e. The summed E-state index contributed by atoms with van der Waals surface area (Å²) in [6.07, 6.45) is 1.36. The zero-order valence-electron chi connectivity index (χ0n) is 15.7. The van der Waals surface area contributed by atoms with Gasteiger partial charge in [-0.1, -0.05) is 13.8 Å². The number of nitrogens with two attached hydrogens (primary N) is 1. The van der Waals surface area contributed by atoms with Crippen LogP contribution in [0.5, 0.6) is 5.75 Å². The highest BCUT2D eigenvalue weighted by Crippen LogP contribution is 2.33. The molecule has 0 aliphatic carbocycles. The monoisotopic (exact) mass is 374 g/mol. The number of nitrogens with zero attached hydrogens (tertiary/aromatic N) is 2. The van der Waals surface area contributed by atoms with Crippen molar-refractivity contribution in [1.29, 1.82) is 0 Å². The predicted molar refractivity (Wildman–Crippen MR) is 102 cm³/mol. The third-order valence-electron chi connectivity index (χ3n) is 4.25. The quantitative estimate of drug-likeness (QED) is 0.628. The first kappa shape index (κ1) is 19.2. The van der Waals surface area contributed by atoms with Crippen LogP contribution >= 0.6 is 0 Å². The molecule has 3 aromatic heterocycles. The Bertz CT molecular complexity index is 921. The van der Waals surface area contributed by atoms with E-state index in [1.165, 1.54) is 6.07 Å². The summed E-state index contributed by atoms with van der Waals surface area (Å²) in [5.41, 5.74) is 7.07. The summed E-state index contributed by atoms with van der Waals surface area (Å²) in [6, 6.07) is 6.87. The number of aromatic nitrogens is 3. The Labute approximate surface area is 157 Å². The molecule has 5 nitrogen and oxygen atoms in total. The van der Waals surface area contributed by atoms with Crippen LogP contribution in [-0.4, -0.2) is 27.1 Å². The molecule has 144 valence electrons. The third-order valence-corrected chi connectivity index (χ3v) is 4.25. The number of fused-ring (bicyclic) bond motifs is 1. The zero-order valence-corrected chi connectivity index (χ0v) is 15.7. The van der Waals surface area contributed by atoms with E-state index < -0.39 is 12.0 Å². The molecule has 0 unspecified atom stereocenters. The van der Waals surface area contributed by atoms with Gasteiger partial charge in [0, 0.05) is 28.9 Å². The molecule has 0 aliphatic heterocycles. The topological polar surface area (TPSA) is 76.8 Å². The average Bonchev–Trinajstić information content (AvgIpc) is 3.03. The molecule has 0 saturated heterocycles. The molecule has 0 saturated carbocycles. The van der Waals surface area contributed by atoms with Crippen molar-refractivity contribution in [3.05, 3.63) is 42.4 Å². The van der Waals surface area contributed by atoms with E-state index in [4.69, 9.17) is 10.5 Å². The number of alkyl halides is 2. The number of hydrogen-bond acceptors (Lipinski definition) is 4. The standard InChI is InChI=1S/C20H24F2N4O/c1-12(2)9-20(3,23)11-27-16-7-6-15(26-17(16)18(21)22)14-10-25-19-13(14)5-4-8-24-19/h4-8,10,12,18H,9,11,23H2,1-3H3,(H,24,25)/t20-/m1/s1. The van der Waals surface area contributed by atoms with Gasteiger partial charge < -0.3 is 15.5 Å². The molecule has 0 fully saturated rings. The van der Waals surface area contributed by atoms with Crippen molar-refractivity contribution >= 4 is 11.0 Å². The van der Waals surface area contributed by atoms with Crippen LogP contribution in [0.3, 0.4) is 0 Å². The Morgan fingerprint density at radius 2 is 2.04 bits per heavy atom. The van der Waals surface area contributed by atoms with Gasteiger partial charge in [0.1, 0.15) is 23.7 Å². The second-order valence-electron chi connectivity index (χ2n) is 7.52. The first-order valence-electron chi connectivity index (χ1n) is 8.90. The lowest BCUT2D eigenvalue weighted by molar-refractivity contribution is 0.134. The number of rotatable bonds is 7. The number of pyridine rings is 2. The fourth-order valence-electron chi connectivity index (χ4n) is 3.29. The van der Waals surface area contributed by atoms with Gasteiger partial charge >= 0.3 is 0 Å². The van der Waals surface area contributed by atoms with Crippen LogP contribution < -0.4 is 10.5 Å². The van der Waals surface area contributed by atoms with Crippen molar-refractivity contribution in [2.45, 2.75) is 39.2 Å². The number of nitrogens with one attached hydrogen (secondary N) is 1. The lowest BCUT2D eigenvalue weighted by Gasteiger charge is -2.27. The van der Waals surface area contributed by atoms with Crippen molar-refractivity contribution in [3.63, 3.8) is 0 Å². The van der Waals surface area contributed by atoms with Gasteiger partial charge in [-0.2, -0.15) is 0 Å². The van der Waals surface area contributed by atoms with Gasteiger partial charge in [-0.15, -0.1) is 0 Å². The van der Waals surface area contributed by atoms with Gasteiger partial charge in [0.15, 0.2) is 0 Å². The Hall–Kier alpha value is -2.54.